The summed E-state index contributed by atoms with van der Waals surface area (Å²) in [7, 11) is 0. The van der Waals surface area contributed by atoms with Crippen molar-refractivity contribution in [3.05, 3.63) is 64.7 Å². The van der Waals surface area contributed by atoms with Crippen molar-refractivity contribution >= 4 is 0 Å². The molecule has 0 unspecified atom stereocenters. The normalized spacial score (nSPS) is 17.3. The fourth-order valence-electron chi connectivity index (χ4n) is 4.66. The van der Waals surface area contributed by atoms with Gasteiger partial charge in [-0.05, 0) is 93.0 Å². The minimum atomic E-state index is 0.569. The first-order valence-electron chi connectivity index (χ1n) is 13.5. The Kier molecular flexibility index (Phi) is 11.1. The monoisotopic (exact) mass is 454 g/mol. The van der Waals surface area contributed by atoms with Gasteiger partial charge in [-0.3, -0.25) is 0 Å². The fraction of sp³-hybridized carbons (Fsp3) is 0.515. The third kappa shape index (κ3) is 8.95. The van der Waals surface area contributed by atoms with E-state index < -0.39 is 0 Å². The average molecular weight is 455 g/mol. The Labute approximate surface area is 208 Å². The zero-order chi connectivity index (χ0) is 24.0. The molecule has 0 saturated heterocycles. The fourth-order valence-corrected chi connectivity index (χ4v) is 4.66. The first-order valence-corrected chi connectivity index (χ1v) is 13.5. The molecule has 0 N–H and O–H groups in total. The van der Waals surface area contributed by atoms with E-state index in [1.54, 1.807) is 0 Å². The van der Waals surface area contributed by atoms with Gasteiger partial charge < -0.3 is 4.74 Å². The van der Waals surface area contributed by atoms with Crippen LogP contribution in [0.2, 0.25) is 0 Å². The first kappa shape index (κ1) is 26.0. The first-order chi connectivity index (χ1) is 16.7. The predicted octanol–water partition coefficient (Wildman–Crippen LogP) is 8.70. The van der Waals surface area contributed by atoms with Crippen molar-refractivity contribution < 1.29 is 4.74 Å². The second kappa shape index (κ2) is 14.6. The lowest BCUT2D eigenvalue weighted by Crippen LogP contribution is -2.13. The van der Waals surface area contributed by atoms with Crippen molar-refractivity contribution in [1.29, 1.82) is 0 Å². The number of benzene rings is 2. The van der Waals surface area contributed by atoms with Crippen LogP contribution in [0.4, 0.5) is 0 Å². The average Bonchev–Trinajstić information content (AvgIpc) is 2.86. The van der Waals surface area contributed by atoms with Gasteiger partial charge in [-0.2, -0.15) is 0 Å². The molecule has 34 heavy (non-hydrogen) atoms. The molecule has 3 rings (SSSR count). The second-order valence-electron chi connectivity index (χ2n) is 9.84. The number of hydrogen-bond acceptors (Lipinski definition) is 1. The van der Waals surface area contributed by atoms with Crippen molar-refractivity contribution in [3.8, 4) is 29.4 Å². The molecule has 1 aliphatic carbocycles. The van der Waals surface area contributed by atoms with Gasteiger partial charge in [0, 0.05) is 22.6 Å². The van der Waals surface area contributed by atoms with Gasteiger partial charge in [0.2, 0.25) is 0 Å². The summed E-state index contributed by atoms with van der Waals surface area (Å²) in [4.78, 5) is 0. The van der Waals surface area contributed by atoms with Crippen LogP contribution in [0.15, 0.2) is 42.5 Å². The lowest BCUT2D eigenvalue weighted by molar-refractivity contribution is 0.294. The SMILES string of the molecule is CCCCCOc1ccc(C#Cc2ccc(C#CC3CCC(CCCCC)CC3)c(C)c2)cc1. The Balaban J connectivity index is 1.50. The maximum absolute atomic E-state index is 5.79. The van der Waals surface area contributed by atoms with Gasteiger partial charge >= 0.3 is 0 Å². The topological polar surface area (TPSA) is 9.23 Å². The molecule has 2 aromatic carbocycles. The summed E-state index contributed by atoms with van der Waals surface area (Å²) >= 11 is 0. The summed E-state index contributed by atoms with van der Waals surface area (Å²) < 4.78 is 5.79. The molecular weight excluding hydrogens is 412 g/mol. The lowest BCUT2D eigenvalue weighted by atomic mass is 9.80. The van der Waals surface area contributed by atoms with E-state index in [0.717, 1.165) is 41.4 Å². The minimum Gasteiger partial charge on any atom is -0.494 e. The maximum Gasteiger partial charge on any atom is 0.119 e. The summed E-state index contributed by atoms with van der Waals surface area (Å²) in [5.74, 6) is 16.1. The predicted molar refractivity (Wildman–Crippen MR) is 145 cm³/mol. The highest BCUT2D eigenvalue weighted by atomic mass is 16.5. The molecule has 0 aromatic heterocycles. The molecular formula is C33H42O. The van der Waals surface area contributed by atoms with Crippen molar-refractivity contribution in [2.24, 2.45) is 11.8 Å². The van der Waals surface area contributed by atoms with Crippen LogP contribution >= 0.6 is 0 Å². The Morgan fingerprint density at radius 1 is 0.765 bits per heavy atom. The number of hydrogen-bond donors (Lipinski definition) is 0. The highest BCUT2D eigenvalue weighted by Gasteiger charge is 2.19. The molecule has 0 bridgehead atoms. The molecule has 180 valence electrons. The van der Waals surface area contributed by atoms with E-state index in [4.69, 9.17) is 4.74 Å². The summed E-state index contributed by atoms with van der Waals surface area (Å²) in [5.41, 5.74) is 4.40. The molecule has 1 heteroatoms. The number of aryl methyl sites for hydroxylation is 1. The van der Waals surface area contributed by atoms with Crippen LogP contribution in [-0.2, 0) is 0 Å². The van der Waals surface area contributed by atoms with Crippen LogP contribution in [0.25, 0.3) is 0 Å². The number of unbranched alkanes of at least 4 members (excludes halogenated alkanes) is 4. The van der Waals surface area contributed by atoms with E-state index >= 15 is 0 Å². The molecule has 1 saturated carbocycles. The van der Waals surface area contributed by atoms with Crippen molar-refractivity contribution in [2.75, 3.05) is 6.61 Å². The standard InChI is InChI=1S/C33H42O/c1-4-6-8-10-28-11-13-29(14-12-28)17-21-32-22-18-31(26-27(32)3)16-15-30-19-23-33(24-20-30)34-25-9-7-5-2/h18-20,22-24,26,28-29H,4-14,25H2,1-3H3. The van der Waals surface area contributed by atoms with Crippen LogP contribution in [0, 0.1) is 42.4 Å². The molecule has 0 radical (unpaired) electrons. The molecule has 2 aromatic rings. The van der Waals surface area contributed by atoms with Crippen LogP contribution in [0.1, 0.15) is 107 Å². The summed E-state index contributed by atoms with van der Waals surface area (Å²) in [6.45, 7) is 7.42. The van der Waals surface area contributed by atoms with Gasteiger partial charge in [-0.25, -0.2) is 0 Å². The molecule has 0 aliphatic heterocycles. The quantitative estimate of drug-likeness (QED) is 0.272. The molecule has 1 aliphatic rings. The van der Waals surface area contributed by atoms with Crippen LogP contribution < -0.4 is 4.74 Å². The molecule has 1 fully saturated rings. The van der Waals surface area contributed by atoms with Crippen molar-refractivity contribution in [3.63, 3.8) is 0 Å². The van der Waals surface area contributed by atoms with Gasteiger partial charge in [-0.15, -0.1) is 0 Å². The van der Waals surface area contributed by atoms with E-state index in [2.05, 4.69) is 62.7 Å². The maximum atomic E-state index is 5.79. The van der Waals surface area contributed by atoms with E-state index in [0.29, 0.717) is 5.92 Å². The molecule has 0 heterocycles. The summed E-state index contributed by atoms with van der Waals surface area (Å²) in [6, 6.07) is 14.5. The van der Waals surface area contributed by atoms with Crippen LogP contribution in [0.3, 0.4) is 0 Å². The summed E-state index contributed by atoms with van der Waals surface area (Å²) in [5, 5.41) is 0. The van der Waals surface area contributed by atoms with Crippen molar-refractivity contribution in [1.82, 2.24) is 0 Å². The Bertz CT molecular complexity index is 985. The Hall–Kier alpha value is -2.64. The number of rotatable bonds is 9. The van der Waals surface area contributed by atoms with E-state index in [9.17, 15) is 0 Å². The highest BCUT2D eigenvalue weighted by Crippen LogP contribution is 2.31. The molecule has 0 atom stereocenters. The Morgan fingerprint density at radius 3 is 2.15 bits per heavy atom. The molecule has 1 nitrogen and oxygen atoms in total. The smallest absolute Gasteiger partial charge is 0.119 e. The zero-order valence-corrected chi connectivity index (χ0v) is 21.6. The van der Waals surface area contributed by atoms with Crippen LogP contribution in [-0.4, -0.2) is 6.61 Å². The van der Waals surface area contributed by atoms with Gasteiger partial charge in [-0.1, -0.05) is 76.1 Å². The third-order valence-electron chi connectivity index (χ3n) is 6.92. The van der Waals surface area contributed by atoms with Gasteiger partial charge in [0.1, 0.15) is 5.75 Å². The third-order valence-corrected chi connectivity index (χ3v) is 6.92. The lowest BCUT2D eigenvalue weighted by Gasteiger charge is -2.25. The van der Waals surface area contributed by atoms with E-state index in [1.807, 2.05) is 24.3 Å². The van der Waals surface area contributed by atoms with Gasteiger partial charge in [0.05, 0.1) is 6.61 Å². The second-order valence-corrected chi connectivity index (χ2v) is 9.84. The molecule has 0 spiro atoms. The highest BCUT2D eigenvalue weighted by molar-refractivity contribution is 5.50. The van der Waals surface area contributed by atoms with E-state index in [1.165, 1.54) is 69.8 Å². The van der Waals surface area contributed by atoms with Gasteiger partial charge in [0.25, 0.3) is 0 Å². The molecule has 0 amide bonds. The zero-order valence-electron chi connectivity index (χ0n) is 21.6. The van der Waals surface area contributed by atoms with Crippen molar-refractivity contribution in [2.45, 2.75) is 91.4 Å². The Morgan fingerprint density at radius 2 is 1.44 bits per heavy atom. The minimum absolute atomic E-state index is 0.569. The number of ether oxygens (including phenoxy) is 1. The largest absolute Gasteiger partial charge is 0.494 e. The van der Waals surface area contributed by atoms with Crippen LogP contribution in [0.5, 0.6) is 5.75 Å². The summed E-state index contributed by atoms with van der Waals surface area (Å²) in [6.07, 6.45) is 14.4. The van der Waals surface area contributed by atoms with E-state index in [-0.39, 0.29) is 0 Å². The van der Waals surface area contributed by atoms with Gasteiger partial charge in [0.15, 0.2) is 0 Å².